The highest BCUT2D eigenvalue weighted by molar-refractivity contribution is 5.85. The minimum Gasteiger partial charge on any atom is -0.508 e. The van der Waals surface area contributed by atoms with Crippen LogP contribution >= 0.6 is 0 Å². The molecule has 0 aliphatic carbocycles. The zero-order chi connectivity index (χ0) is 11.5. The van der Waals surface area contributed by atoms with Gasteiger partial charge in [0.2, 0.25) is 0 Å². The summed E-state index contributed by atoms with van der Waals surface area (Å²) in [5, 5.41) is 30.0. The van der Waals surface area contributed by atoms with E-state index in [0.717, 1.165) is 5.56 Å². The van der Waals surface area contributed by atoms with Crippen molar-refractivity contribution in [1.29, 1.82) is 0 Å². The summed E-state index contributed by atoms with van der Waals surface area (Å²) in [5.74, 6) is 0.00534. The maximum atomic E-state index is 9.61. The Morgan fingerprint density at radius 2 is 1.94 bits per heavy atom. The van der Waals surface area contributed by atoms with Crippen LogP contribution in [0.1, 0.15) is 11.1 Å². The Kier molecular flexibility index (Phi) is 2.55. The van der Waals surface area contributed by atoms with Crippen molar-refractivity contribution in [2.24, 2.45) is 5.10 Å². The highest BCUT2D eigenvalue weighted by atomic mass is 16.3. The van der Waals surface area contributed by atoms with E-state index in [1.165, 1.54) is 29.6 Å². The van der Waals surface area contributed by atoms with E-state index in [-0.39, 0.29) is 11.5 Å². The molecule has 16 heavy (non-hydrogen) atoms. The third-order valence-corrected chi connectivity index (χ3v) is 2.08. The summed E-state index contributed by atoms with van der Waals surface area (Å²) in [7, 11) is 0. The van der Waals surface area contributed by atoms with Crippen LogP contribution < -0.4 is 0 Å². The smallest absolute Gasteiger partial charge is 0.141 e. The number of hydrogen-bond acceptors (Lipinski definition) is 5. The highest BCUT2D eigenvalue weighted by Gasteiger charge is 2.04. The molecule has 1 aromatic heterocycles. The van der Waals surface area contributed by atoms with E-state index in [0.29, 0.717) is 5.56 Å². The molecule has 0 saturated carbocycles. The quantitative estimate of drug-likeness (QED) is 0.733. The van der Waals surface area contributed by atoms with Gasteiger partial charge in [0.05, 0.1) is 6.21 Å². The van der Waals surface area contributed by atoms with Crippen molar-refractivity contribution in [2.75, 3.05) is 0 Å². The van der Waals surface area contributed by atoms with Gasteiger partial charge in [0.15, 0.2) is 0 Å². The van der Waals surface area contributed by atoms with Crippen LogP contribution in [0.4, 0.5) is 0 Å². The largest absolute Gasteiger partial charge is 0.508 e. The van der Waals surface area contributed by atoms with Crippen LogP contribution in [0.3, 0.4) is 0 Å². The first-order chi connectivity index (χ1) is 7.66. The molecule has 6 heteroatoms. The van der Waals surface area contributed by atoms with Crippen LogP contribution in [0.15, 0.2) is 29.9 Å². The Bertz CT molecular complexity index is 497. The fourth-order valence-electron chi connectivity index (χ4n) is 1.31. The zero-order valence-corrected chi connectivity index (χ0v) is 8.57. The van der Waals surface area contributed by atoms with Gasteiger partial charge in [0.1, 0.15) is 24.2 Å². The molecular formula is C10H10N4O2. The van der Waals surface area contributed by atoms with Crippen LogP contribution in [-0.2, 0) is 0 Å². The van der Waals surface area contributed by atoms with E-state index in [2.05, 4.69) is 15.3 Å². The van der Waals surface area contributed by atoms with Crippen LogP contribution in [0.5, 0.6) is 11.5 Å². The highest BCUT2D eigenvalue weighted by Crippen LogP contribution is 2.25. The van der Waals surface area contributed by atoms with E-state index in [9.17, 15) is 10.2 Å². The standard InChI is InChI=1S/C10H10N4O2/c1-7-2-8(15)3-10(16)9(7)4-13-14-5-11-12-6-14/h2-6,15-16H,1H3. The molecule has 0 aliphatic heterocycles. The lowest BCUT2D eigenvalue weighted by atomic mass is 10.1. The summed E-state index contributed by atoms with van der Waals surface area (Å²) in [4.78, 5) is 0. The minimum absolute atomic E-state index is 0.0191. The van der Waals surface area contributed by atoms with Gasteiger partial charge in [-0.25, -0.2) is 4.68 Å². The van der Waals surface area contributed by atoms with Gasteiger partial charge in [0.25, 0.3) is 0 Å². The fraction of sp³-hybridized carbons (Fsp3) is 0.100. The number of aromatic hydroxyl groups is 2. The summed E-state index contributed by atoms with van der Waals surface area (Å²) >= 11 is 0. The second-order valence-corrected chi connectivity index (χ2v) is 3.28. The van der Waals surface area contributed by atoms with Gasteiger partial charge in [-0.15, -0.1) is 10.2 Å². The second kappa shape index (κ2) is 4.01. The first-order valence-electron chi connectivity index (χ1n) is 4.58. The van der Waals surface area contributed by atoms with Crippen molar-refractivity contribution >= 4 is 6.21 Å². The lowest BCUT2D eigenvalue weighted by molar-refractivity contribution is 0.449. The van der Waals surface area contributed by atoms with Crippen molar-refractivity contribution in [3.63, 3.8) is 0 Å². The Labute approximate surface area is 91.5 Å². The minimum atomic E-state index is -0.0191. The number of hydrogen-bond donors (Lipinski definition) is 2. The maximum Gasteiger partial charge on any atom is 0.141 e. The summed E-state index contributed by atoms with van der Waals surface area (Å²) in [6, 6.07) is 2.81. The maximum absolute atomic E-state index is 9.61. The molecule has 6 nitrogen and oxygen atoms in total. The molecule has 2 rings (SSSR count). The van der Waals surface area contributed by atoms with Crippen molar-refractivity contribution in [3.05, 3.63) is 35.9 Å². The molecule has 0 saturated heterocycles. The normalized spacial score (nSPS) is 11.1. The molecule has 0 spiro atoms. The van der Waals surface area contributed by atoms with Crippen molar-refractivity contribution in [2.45, 2.75) is 6.92 Å². The number of aromatic nitrogens is 3. The number of phenols is 2. The van der Waals surface area contributed by atoms with Crippen molar-refractivity contribution in [1.82, 2.24) is 14.9 Å². The number of rotatable bonds is 2. The molecule has 0 amide bonds. The van der Waals surface area contributed by atoms with Gasteiger partial charge in [-0.2, -0.15) is 5.10 Å². The van der Waals surface area contributed by atoms with E-state index in [4.69, 9.17) is 0 Å². The van der Waals surface area contributed by atoms with E-state index in [1.54, 1.807) is 13.0 Å². The Hall–Kier alpha value is -2.37. The summed E-state index contributed by atoms with van der Waals surface area (Å²) in [6.07, 6.45) is 4.35. The molecule has 1 aromatic carbocycles. The second-order valence-electron chi connectivity index (χ2n) is 3.28. The molecule has 2 aromatic rings. The molecule has 82 valence electrons. The number of nitrogens with zero attached hydrogens (tertiary/aromatic N) is 4. The van der Waals surface area contributed by atoms with Crippen molar-refractivity contribution in [3.8, 4) is 11.5 Å². The molecule has 0 unspecified atom stereocenters. The van der Waals surface area contributed by atoms with Gasteiger partial charge in [0, 0.05) is 11.6 Å². The molecule has 0 radical (unpaired) electrons. The summed E-state index contributed by atoms with van der Waals surface area (Å²) in [5.41, 5.74) is 1.28. The average molecular weight is 218 g/mol. The lowest BCUT2D eigenvalue weighted by Crippen LogP contribution is -1.91. The summed E-state index contributed by atoms with van der Waals surface area (Å²) < 4.78 is 1.41. The third kappa shape index (κ3) is 2.00. The molecule has 1 heterocycles. The predicted molar refractivity (Wildman–Crippen MR) is 57.5 cm³/mol. The van der Waals surface area contributed by atoms with E-state index >= 15 is 0 Å². The Morgan fingerprint density at radius 1 is 1.25 bits per heavy atom. The topological polar surface area (TPSA) is 83.5 Å². The van der Waals surface area contributed by atoms with Gasteiger partial charge in [-0.1, -0.05) is 0 Å². The van der Waals surface area contributed by atoms with Crippen LogP contribution in [-0.4, -0.2) is 31.3 Å². The monoisotopic (exact) mass is 218 g/mol. The van der Waals surface area contributed by atoms with Gasteiger partial charge < -0.3 is 10.2 Å². The molecule has 0 atom stereocenters. The van der Waals surface area contributed by atoms with Crippen LogP contribution in [0.25, 0.3) is 0 Å². The van der Waals surface area contributed by atoms with E-state index < -0.39 is 0 Å². The average Bonchev–Trinajstić information content (AvgIpc) is 2.68. The molecule has 2 N–H and O–H groups in total. The molecular weight excluding hydrogens is 208 g/mol. The third-order valence-electron chi connectivity index (χ3n) is 2.08. The molecule has 0 bridgehead atoms. The van der Waals surface area contributed by atoms with Crippen LogP contribution in [0, 0.1) is 6.92 Å². The predicted octanol–water partition coefficient (Wildman–Crippen LogP) is 0.880. The van der Waals surface area contributed by atoms with E-state index in [1.807, 2.05) is 0 Å². The first kappa shape index (κ1) is 10.2. The lowest BCUT2D eigenvalue weighted by Gasteiger charge is -2.03. The Morgan fingerprint density at radius 3 is 2.56 bits per heavy atom. The Balaban J connectivity index is 2.35. The molecule has 0 fully saturated rings. The van der Waals surface area contributed by atoms with Crippen LogP contribution in [0.2, 0.25) is 0 Å². The van der Waals surface area contributed by atoms with Gasteiger partial charge in [-0.3, -0.25) is 0 Å². The number of benzene rings is 1. The molecule has 0 aliphatic rings. The first-order valence-corrected chi connectivity index (χ1v) is 4.58. The summed E-state index contributed by atoms with van der Waals surface area (Å²) in [6.45, 7) is 1.77. The van der Waals surface area contributed by atoms with Gasteiger partial charge >= 0.3 is 0 Å². The fourth-order valence-corrected chi connectivity index (χ4v) is 1.31. The zero-order valence-electron chi connectivity index (χ0n) is 8.57. The number of aryl methyl sites for hydroxylation is 1. The number of phenolic OH excluding ortho intramolecular Hbond substituents is 2. The van der Waals surface area contributed by atoms with Gasteiger partial charge in [-0.05, 0) is 18.6 Å². The van der Waals surface area contributed by atoms with Crippen molar-refractivity contribution < 1.29 is 10.2 Å². The SMILES string of the molecule is Cc1cc(O)cc(O)c1C=Nn1cnnc1.